The molecule has 0 aliphatic carbocycles. The highest BCUT2D eigenvalue weighted by atomic mass is 16.5. The highest BCUT2D eigenvalue weighted by Crippen LogP contribution is 2.21. The predicted octanol–water partition coefficient (Wildman–Crippen LogP) is 3.49. The van der Waals surface area contributed by atoms with Crippen molar-refractivity contribution in [2.24, 2.45) is 0 Å². The number of hydrogen-bond donors (Lipinski definition) is 1. The number of nitrogens with one attached hydrogen (secondary N) is 1. The molecule has 0 saturated heterocycles. The summed E-state index contributed by atoms with van der Waals surface area (Å²) in [6.07, 6.45) is 0.382. The first-order valence-corrected chi connectivity index (χ1v) is 8.13. The van der Waals surface area contributed by atoms with Crippen molar-refractivity contribution < 1.29 is 14.3 Å². The van der Waals surface area contributed by atoms with Crippen molar-refractivity contribution in [3.05, 3.63) is 78.4 Å². The molecule has 4 nitrogen and oxygen atoms in total. The van der Waals surface area contributed by atoms with Gasteiger partial charge in [-0.15, -0.1) is 0 Å². The van der Waals surface area contributed by atoms with E-state index in [1.807, 2.05) is 66.7 Å². The van der Waals surface area contributed by atoms with Crippen LogP contribution >= 0.6 is 0 Å². The van der Waals surface area contributed by atoms with Crippen molar-refractivity contribution in [1.82, 2.24) is 5.32 Å². The van der Waals surface area contributed by atoms with Crippen LogP contribution in [0.4, 0.5) is 0 Å². The van der Waals surface area contributed by atoms with Crippen molar-refractivity contribution in [2.75, 3.05) is 0 Å². The number of rotatable bonds is 5. The van der Waals surface area contributed by atoms with E-state index in [1.165, 1.54) is 6.92 Å². The molecule has 1 atom stereocenters. The maximum Gasteiger partial charge on any atom is 0.334 e. The zero-order valence-corrected chi connectivity index (χ0v) is 13.9. The Kier molecular flexibility index (Phi) is 5.09. The molecule has 1 N–H and O–H groups in total. The molecule has 3 aromatic carbocycles. The van der Waals surface area contributed by atoms with E-state index in [0.717, 1.165) is 16.3 Å². The van der Waals surface area contributed by atoms with Crippen LogP contribution in [-0.2, 0) is 16.0 Å². The molecule has 25 heavy (non-hydrogen) atoms. The van der Waals surface area contributed by atoms with Gasteiger partial charge in [-0.2, -0.15) is 0 Å². The van der Waals surface area contributed by atoms with Crippen LogP contribution in [0.25, 0.3) is 10.8 Å². The standard InChI is InChI=1S/C21H19NO3/c1-15(23)22-20(13-16-7-3-2-4-8-16)21(24)25-19-12-11-17-9-5-6-10-18(17)14-19/h2-12,14,20H,13H2,1H3,(H,22,23). The van der Waals surface area contributed by atoms with Gasteiger partial charge in [0, 0.05) is 13.3 Å². The molecule has 4 heteroatoms. The summed E-state index contributed by atoms with van der Waals surface area (Å²) in [5.74, 6) is -0.280. The van der Waals surface area contributed by atoms with E-state index in [4.69, 9.17) is 4.74 Å². The van der Waals surface area contributed by atoms with Crippen LogP contribution in [0, 0.1) is 0 Å². The zero-order valence-electron chi connectivity index (χ0n) is 13.9. The van der Waals surface area contributed by atoms with E-state index in [1.54, 1.807) is 6.07 Å². The molecule has 0 heterocycles. The summed E-state index contributed by atoms with van der Waals surface area (Å²) in [7, 11) is 0. The Balaban J connectivity index is 1.77. The molecule has 0 bridgehead atoms. The molecule has 0 aliphatic rings. The summed E-state index contributed by atoms with van der Waals surface area (Å²) in [5, 5.41) is 4.74. The first-order chi connectivity index (χ1) is 12.1. The monoisotopic (exact) mass is 333 g/mol. The Bertz CT molecular complexity index is 890. The Morgan fingerprint density at radius 1 is 0.920 bits per heavy atom. The third kappa shape index (κ3) is 4.44. The van der Waals surface area contributed by atoms with Crippen LogP contribution in [0.2, 0.25) is 0 Å². The number of esters is 1. The molecule has 0 radical (unpaired) electrons. The van der Waals surface area contributed by atoms with Crippen LogP contribution in [0.1, 0.15) is 12.5 Å². The normalized spacial score (nSPS) is 11.7. The van der Waals surface area contributed by atoms with E-state index < -0.39 is 12.0 Å². The maximum absolute atomic E-state index is 12.6. The number of carbonyl (C=O) groups excluding carboxylic acids is 2. The fourth-order valence-electron chi connectivity index (χ4n) is 2.71. The molecule has 3 rings (SSSR count). The molecule has 0 aromatic heterocycles. The van der Waals surface area contributed by atoms with Crippen molar-refractivity contribution in [2.45, 2.75) is 19.4 Å². The molecule has 1 amide bonds. The largest absolute Gasteiger partial charge is 0.425 e. The average molecular weight is 333 g/mol. The van der Waals surface area contributed by atoms with Gasteiger partial charge in [-0.25, -0.2) is 4.79 Å². The summed E-state index contributed by atoms with van der Waals surface area (Å²) < 4.78 is 5.50. The third-order valence-corrected chi connectivity index (χ3v) is 3.88. The number of ether oxygens (including phenoxy) is 1. The Hall–Kier alpha value is -3.14. The minimum Gasteiger partial charge on any atom is -0.425 e. The summed E-state index contributed by atoms with van der Waals surface area (Å²) in [6.45, 7) is 1.39. The van der Waals surface area contributed by atoms with Crippen LogP contribution in [0.5, 0.6) is 5.75 Å². The van der Waals surface area contributed by atoms with Gasteiger partial charge in [-0.3, -0.25) is 4.79 Å². The summed E-state index contributed by atoms with van der Waals surface area (Å²) in [4.78, 5) is 24.0. The molecule has 0 spiro atoms. The molecule has 0 saturated carbocycles. The van der Waals surface area contributed by atoms with Gasteiger partial charge < -0.3 is 10.1 Å². The fraction of sp³-hybridized carbons (Fsp3) is 0.143. The van der Waals surface area contributed by atoms with Gasteiger partial charge in [0.15, 0.2) is 0 Å². The maximum atomic E-state index is 12.6. The van der Waals surface area contributed by atoms with E-state index in [2.05, 4.69) is 5.32 Å². The van der Waals surface area contributed by atoms with Crippen LogP contribution in [-0.4, -0.2) is 17.9 Å². The second kappa shape index (κ2) is 7.62. The van der Waals surface area contributed by atoms with Gasteiger partial charge in [-0.1, -0.05) is 60.7 Å². The Morgan fingerprint density at radius 3 is 2.32 bits per heavy atom. The molecular formula is C21H19NO3. The fourth-order valence-corrected chi connectivity index (χ4v) is 2.71. The minimum atomic E-state index is -0.730. The SMILES string of the molecule is CC(=O)NC(Cc1ccccc1)C(=O)Oc1ccc2ccccc2c1. The predicted molar refractivity (Wildman–Crippen MR) is 97.3 cm³/mol. The van der Waals surface area contributed by atoms with Gasteiger partial charge in [0.1, 0.15) is 11.8 Å². The number of carbonyl (C=O) groups is 2. The lowest BCUT2D eigenvalue weighted by Crippen LogP contribution is -2.43. The topological polar surface area (TPSA) is 55.4 Å². The second-order valence-electron chi connectivity index (χ2n) is 5.87. The summed E-state index contributed by atoms with van der Waals surface area (Å²) in [6, 6.07) is 22.1. The molecular weight excluding hydrogens is 314 g/mol. The van der Waals surface area contributed by atoms with Crippen LogP contribution in [0.3, 0.4) is 0 Å². The lowest BCUT2D eigenvalue weighted by Gasteiger charge is -2.17. The highest BCUT2D eigenvalue weighted by molar-refractivity contribution is 5.87. The van der Waals surface area contributed by atoms with Gasteiger partial charge >= 0.3 is 5.97 Å². The van der Waals surface area contributed by atoms with Gasteiger partial charge in [0.05, 0.1) is 0 Å². The molecule has 126 valence electrons. The Labute approximate surface area is 146 Å². The lowest BCUT2D eigenvalue weighted by molar-refractivity contribution is -0.139. The molecule has 3 aromatic rings. The smallest absolute Gasteiger partial charge is 0.334 e. The van der Waals surface area contributed by atoms with E-state index >= 15 is 0 Å². The number of amides is 1. The number of fused-ring (bicyclic) bond motifs is 1. The van der Waals surface area contributed by atoms with Gasteiger partial charge in [0.2, 0.25) is 5.91 Å². The average Bonchev–Trinajstić information content (AvgIpc) is 2.61. The van der Waals surface area contributed by atoms with E-state index in [9.17, 15) is 9.59 Å². The van der Waals surface area contributed by atoms with Crippen LogP contribution < -0.4 is 10.1 Å². The van der Waals surface area contributed by atoms with Gasteiger partial charge in [-0.05, 0) is 28.5 Å². The third-order valence-electron chi connectivity index (χ3n) is 3.88. The van der Waals surface area contributed by atoms with Crippen molar-refractivity contribution >= 4 is 22.6 Å². The molecule has 0 fully saturated rings. The van der Waals surface area contributed by atoms with Crippen molar-refractivity contribution in [3.8, 4) is 5.75 Å². The molecule has 0 aliphatic heterocycles. The highest BCUT2D eigenvalue weighted by Gasteiger charge is 2.22. The quantitative estimate of drug-likeness (QED) is 0.574. The first kappa shape index (κ1) is 16.7. The zero-order chi connectivity index (χ0) is 17.6. The van der Waals surface area contributed by atoms with Crippen molar-refractivity contribution in [3.63, 3.8) is 0 Å². The number of benzene rings is 3. The summed E-state index contributed by atoms with van der Waals surface area (Å²) >= 11 is 0. The first-order valence-electron chi connectivity index (χ1n) is 8.13. The minimum absolute atomic E-state index is 0.267. The second-order valence-corrected chi connectivity index (χ2v) is 5.87. The molecule has 1 unspecified atom stereocenters. The lowest BCUT2D eigenvalue weighted by atomic mass is 10.1. The van der Waals surface area contributed by atoms with Crippen molar-refractivity contribution in [1.29, 1.82) is 0 Å². The van der Waals surface area contributed by atoms with Gasteiger partial charge in [0.25, 0.3) is 0 Å². The Morgan fingerprint density at radius 2 is 1.60 bits per heavy atom. The van der Waals surface area contributed by atoms with E-state index in [-0.39, 0.29) is 5.91 Å². The number of hydrogen-bond acceptors (Lipinski definition) is 3. The van der Waals surface area contributed by atoms with Crippen LogP contribution in [0.15, 0.2) is 72.8 Å². The van der Waals surface area contributed by atoms with E-state index in [0.29, 0.717) is 12.2 Å². The summed E-state index contributed by atoms with van der Waals surface area (Å²) in [5.41, 5.74) is 0.955.